The molecule has 5 heteroatoms. The zero-order chi connectivity index (χ0) is 12.8. The number of nitrogens with one attached hydrogen (secondary N) is 1. The molecule has 1 unspecified atom stereocenters. The van der Waals surface area contributed by atoms with Crippen LogP contribution < -0.4 is 16.0 Å². The summed E-state index contributed by atoms with van der Waals surface area (Å²) in [6.07, 6.45) is -0.644. The summed E-state index contributed by atoms with van der Waals surface area (Å²) in [5, 5.41) is 9.01. The lowest BCUT2D eigenvalue weighted by molar-refractivity contribution is -0.129. The Bertz CT molecular complexity index is 380. The molecule has 0 radical (unpaired) electrons. The summed E-state index contributed by atoms with van der Waals surface area (Å²) in [6.45, 7) is 3.68. The SMILES string of the molecule is CC(C)C(Oc1cccc(CO)c1)C(=O)NN. The van der Waals surface area contributed by atoms with Gasteiger partial charge in [0.2, 0.25) is 0 Å². The van der Waals surface area contributed by atoms with Crippen molar-refractivity contribution >= 4 is 5.91 Å². The number of aliphatic hydroxyl groups is 1. The summed E-state index contributed by atoms with van der Waals surface area (Å²) in [4.78, 5) is 11.5. The van der Waals surface area contributed by atoms with Gasteiger partial charge in [-0.05, 0) is 23.6 Å². The third-order valence-corrected chi connectivity index (χ3v) is 2.35. The predicted molar refractivity (Wildman–Crippen MR) is 63.9 cm³/mol. The summed E-state index contributed by atoms with van der Waals surface area (Å²) >= 11 is 0. The van der Waals surface area contributed by atoms with Gasteiger partial charge in [0, 0.05) is 0 Å². The number of rotatable bonds is 5. The molecule has 1 aromatic rings. The second-order valence-electron chi connectivity index (χ2n) is 4.10. The van der Waals surface area contributed by atoms with Crippen LogP contribution in [0.25, 0.3) is 0 Å². The molecule has 0 saturated carbocycles. The number of benzene rings is 1. The molecule has 1 amide bonds. The number of carbonyl (C=O) groups is 1. The third-order valence-electron chi connectivity index (χ3n) is 2.35. The zero-order valence-electron chi connectivity index (χ0n) is 10.0. The van der Waals surface area contributed by atoms with Crippen molar-refractivity contribution in [3.8, 4) is 5.75 Å². The van der Waals surface area contributed by atoms with Crippen molar-refractivity contribution < 1.29 is 14.6 Å². The van der Waals surface area contributed by atoms with Crippen LogP contribution in [0.15, 0.2) is 24.3 Å². The van der Waals surface area contributed by atoms with Gasteiger partial charge in [0.1, 0.15) is 5.75 Å². The molecule has 0 saturated heterocycles. The number of aliphatic hydroxyl groups excluding tert-OH is 1. The maximum atomic E-state index is 11.5. The van der Waals surface area contributed by atoms with Gasteiger partial charge in [-0.15, -0.1) is 0 Å². The summed E-state index contributed by atoms with van der Waals surface area (Å²) in [6, 6.07) is 6.97. The fourth-order valence-electron chi connectivity index (χ4n) is 1.44. The van der Waals surface area contributed by atoms with E-state index in [2.05, 4.69) is 5.43 Å². The zero-order valence-corrected chi connectivity index (χ0v) is 10.0. The lowest BCUT2D eigenvalue weighted by Crippen LogP contribution is -2.44. The molecule has 0 aromatic heterocycles. The van der Waals surface area contributed by atoms with Crippen molar-refractivity contribution in [1.82, 2.24) is 5.43 Å². The van der Waals surface area contributed by atoms with E-state index in [1.54, 1.807) is 24.3 Å². The topological polar surface area (TPSA) is 84.6 Å². The minimum absolute atomic E-state index is 0.00340. The van der Waals surface area contributed by atoms with Crippen LogP contribution in [-0.2, 0) is 11.4 Å². The standard InChI is InChI=1S/C12H18N2O3/c1-8(2)11(12(16)14-13)17-10-5-3-4-9(6-10)7-15/h3-6,8,11,15H,7,13H2,1-2H3,(H,14,16). The Kier molecular flexibility index (Phi) is 4.93. The molecule has 5 nitrogen and oxygen atoms in total. The third kappa shape index (κ3) is 3.72. The first-order valence-corrected chi connectivity index (χ1v) is 5.45. The molecule has 1 aromatic carbocycles. The van der Waals surface area contributed by atoms with E-state index in [0.717, 1.165) is 5.56 Å². The normalized spacial score (nSPS) is 12.3. The Morgan fingerprint density at radius 2 is 2.24 bits per heavy atom. The van der Waals surface area contributed by atoms with E-state index in [-0.39, 0.29) is 18.4 Å². The molecule has 0 spiro atoms. The highest BCUT2D eigenvalue weighted by Gasteiger charge is 2.23. The van der Waals surface area contributed by atoms with Gasteiger partial charge >= 0.3 is 0 Å². The number of hydrazine groups is 1. The predicted octanol–water partition coefficient (Wildman–Crippen LogP) is 0.572. The van der Waals surface area contributed by atoms with Crippen molar-refractivity contribution in [3.63, 3.8) is 0 Å². The van der Waals surface area contributed by atoms with Gasteiger partial charge in [-0.3, -0.25) is 10.2 Å². The van der Waals surface area contributed by atoms with E-state index >= 15 is 0 Å². The first-order valence-electron chi connectivity index (χ1n) is 5.45. The Labute approximate surface area is 101 Å². The molecular weight excluding hydrogens is 220 g/mol. The van der Waals surface area contributed by atoms with Crippen LogP contribution in [0, 0.1) is 5.92 Å². The maximum absolute atomic E-state index is 11.5. The van der Waals surface area contributed by atoms with Crippen molar-refractivity contribution in [3.05, 3.63) is 29.8 Å². The highest BCUT2D eigenvalue weighted by atomic mass is 16.5. The molecule has 1 rings (SSSR count). The van der Waals surface area contributed by atoms with Crippen molar-refractivity contribution in [2.75, 3.05) is 0 Å². The monoisotopic (exact) mass is 238 g/mol. The van der Waals surface area contributed by atoms with Crippen molar-refractivity contribution in [2.24, 2.45) is 11.8 Å². The number of hydrogen-bond acceptors (Lipinski definition) is 4. The minimum Gasteiger partial charge on any atom is -0.480 e. The second kappa shape index (κ2) is 6.22. The average Bonchev–Trinajstić information content (AvgIpc) is 2.35. The van der Waals surface area contributed by atoms with Crippen LogP contribution in [0.1, 0.15) is 19.4 Å². The minimum atomic E-state index is -0.644. The van der Waals surface area contributed by atoms with Crippen molar-refractivity contribution in [2.45, 2.75) is 26.6 Å². The van der Waals surface area contributed by atoms with Gasteiger partial charge in [0.05, 0.1) is 6.61 Å². The second-order valence-corrected chi connectivity index (χ2v) is 4.10. The molecule has 0 aliphatic rings. The molecule has 4 N–H and O–H groups in total. The van der Waals surface area contributed by atoms with E-state index in [9.17, 15) is 4.79 Å². The smallest absolute Gasteiger partial charge is 0.275 e. The van der Waals surface area contributed by atoms with Gasteiger partial charge in [0.15, 0.2) is 6.10 Å². The molecule has 0 heterocycles. The maximum Gasteiger partial charge on any atom is 0.275 e. The Morgan fingerprint density at radius 3 is 2.76 bits per heavy atom. The Balaban J connectivity index is 2.82. The van der Waals surface area contributed by atoms with Gasteiger partial charge in [-0.2, -0.15) is 0 Å². The van der Waals surface area contributed by atoms with Crippen LogP contribution >= 0.6 is 0 Å². The summed E-state index contributed by atoms with van der Waals surface area (Å²) in [7, 11) is 0. The number of amides is 1. The van der Waals surface area contributed by atoms with Crippen LogP contribution in [0.4, 0.5) is 0 Å². The number of hydrogen-bond donors (Lipinski definition) is 3. The van der Waals surface area contributed by atoms with E-state index in [1.165, 1.54) is 0 Å². The number of ether oxygens (including phenoxy) is 1. The van der Waals surface area contributed by atoms with Crippen LogP contribution in [0.2, 0.25) is 0 Å². The largest absolute Gasteiger partial charge is 0.480 e. The first kappa shape index (κ1) is 13.5. The van der Waals surface area contributed by atoms with Crippen LogP contribution in [0.3, 0.4) is 0 Å². The first-order chi connectivity index (χ1) is 8.08. The molecule has 0 fully saturated rings. The molecule has 1 atom stereocenters. The molecule has 0 aliphatic carbocycles. The molecule has 0 bridgehead atoms. The van der Waals surface area contributed by atoms with E-state index in [1.807, 2.05) is 13.8 Å². The highest BCUT2D eigenvalue weighted by molar-refractivity contribution is 5.80. The summed E-state index contributed by atoms with van der Waals surface area (Å²) in [5.41, 5.74) is 2.82. The average molecular weight is 238 g/mol. The molecule has 94 valence electrons. The van der Waals surface area contributed by atoms with E-state index in [4.69, 9.17) is 15.7 Å². The van der Waals surface area contributed by atoms with Crippen molar-refractivity contribution in [1.29, 1.82) is 0 Å². The summed E-state index contributed by atoms with van der Waals surface area (Å²) < 4.78 is 5.57. The Hall–Kier alpha value is -1.59. The molecule has 0 aliphatic heterocycles. The fraction of sp³-hybridized carbons (Fsp3) is 0.417. The lowest BCUT2D eigenvalue weighted by Gasteiger charge is -2.20. The number of carbonyl (C=O) groups excluding carboxylic acids is 1. The van der Waals surface area contributed by atoms with Crippen LogP contribution in [-0.4, -0.2) is 17.1 Å². The Morgan fingerprint density at radius 1 is 1.53 bits per heavy atom. The van der Waals surface area contributed by atoms with Crippen LogP contribution in [0.5, 0.6) is 5.75 Å². The van der Waals surface area contributed by atoms with E-state index < -0.39 is 6.10 Å². The van der Waals surface area contributed by atoms with Gasteiger partial charge < -0.3 is 9.84 Å². The van der Waals surface area contributed by atoms with Gasteiger partial charge in [0.25, 0.3) is 5.91 Å². The van der Waals surface area contributed by atoms with Gasteiger partial charge in [-0.25, -0.2) is 5.84 Å². The highest BCUT2D eigenvalue weighted by Crippen LogP contribution is 2.17. The fourth-order valence-corrected chi connectivity index (χ4v) is 1.44. The van der Waals surface area contributed by atoms with E-state index in [0.29, 0.717) is 5.75 Å². The molecular formula is C12H18N2O3. The number of nitrogens with two attached hydrogens (primary N) is 1. The molecule has 17 heavy (non-hydrogen) atoms. The van der Waals surface area contributed by atoms with Gasteiger partial charge in [-0.1, -0.05) is 26.0 Å². The quantitative estimate of drug-likeness (QED) is 0.398. The summed E-state index contributed by atoms with van der Waals surface area (Å²) in [5.74, 6) is 5.27. The lowest BCUT2D eigenvalue weighted by atomic mass is 10.1.